The number of ether oxygens (including phenoxy) is 1. The summed E-state index contributed by atoms with van der Waals surface area (Å²) < 4.78 is 6.83. The summed E-state index contributed by atoms with van der Waals surface area (Å²) >= 11 is -0.684. The van der Waals surface area contributed by atoms with Crippen molar-refractivity contribution in [2.24, 2.45) is 0 Å². The van der Waals surface area contributed by atoms with Crippen molar-refractivity contribution in [2.45, 2.75) is 6.92 Å². The Bertz CT molecular complexity index is 560. The molecule has 1 aromatic carbocycles. The quantitative estimate of drug-likeness (QED) is 0.345. The molecule has 0 aliphatic carbocycles. The second-order valence-electron chi connectivity index (χ2n) is 3.57. The van der Waals surface area contributed by atoms with Gasteiger partial charge in [0.25, 0.3) is 0 Å². The molecule has 92 valence electrons. The van der Waals surface area contributed by atoms with Crippen LogP contribution in [0.4, 0.5) is 5.69 Å². The van der Waals surface area contributed by atoms with E-state index < -0.39 is 26.9 Å². The Morgan fingerprint density at radius 3 is 2.83 bits per heavy atom. The fraction of sp³-hybridized carbons (Fsp3) is 0.231. The third kappa shape index (κ3) is 2.10. The van der Waals surface area contributed by atoms with Crippen molar-refractivity contribution in [3.05, 3.63) is 45.1 Å². The van der Waals surface area contributed by atoms with Crippen LogP contribution in [0.15, 0.2) is 33.7 Å². The van der Waals surface area contributed by atoms with Crippen molar-refractivity contribution in [2.75, 3.05) is 18.6 Å². The summed E-state index contributed by atoms with van der Waals surface area (Å²) in [4.78, 5) is 17.1. The van der Waals surface area contributed by atoms with Gasteiger partial charge in [0, 0.05) is 0 Å². The number of anilines is 1. The average molecular weight is 356 g/mol. The minimum absolute atomic E-state index is 0.137. The Kier molecular flexibility index (Phi) is 3.91. The number of benzene rings is 1. The van der Waals surface area contributed by atoms with E-state index in [1.165, 1.54) is 10.7 Å². The fourth-order valence-electron chi connectivity index (χ4n) is 1.80. The molecule has 0 aromatic heterocycles. The van der Waals surface area contributed by atoms with Gasteiger partial charge in [0.1, 0.15) is 0 Å². The summed E-state index contributed by atoms with van der Waals surface area (Å²) in [5, 5.41) is 0. The third-order valence-electron chi connectivity index (χ3n) is 2.62. The number of hydrogen-bond donors (Lipinski definition) is 0. The molecule has 2 rings (SSSR count). The molecule has 0 amide bonds. The molecular formula is C13H12N2O2Te. The van der Waals surface area contributed by atoms with Crippen molar-refractivity contribution >= 4 is 36.2 Å². The predicted molar refractivity (Wildman–Crippen MR) is 70.5 cm³/mol. The topological polar surface area (TPSA) is 33.9 Å². The van der Waals surface area contributed by atoms with E-state index in [4.69, 9.17) is 11.3 Å². The van der Waals surface area contributed by atoms with Crippen LogP contribution < -0.4 is 8.51 Å². The van der Waals surface area contributed by atoms with E-state index in [9.17, 15) is 4.79 Å². The van der Waals surface area contributed by atoms with Crippen molar-refractivity contribution in [3.63, 3.8) is 0 Å². The molecule has 18 heavy (non-hydrogen) atoms. The molecule has 0 atom stereocenters. The number of methoxy groups -OCH3 is 1. The van der Waals surface area contributed by atoms with Crippen LogP contribution >= 0.6 is 0 Å². The Morgan fingerprint density at radius 1 is 1.50 bits per heavy atom. The number of rotatable bonds is 2. The van der Waals surface area contributed by atoms with Gasteiger partial charge in [-0.05, 0) is 0 Å². The van der Waals surface area contributed by atoms with Crippen LogP contribution in [0.5, 0.6) is 0 Å². The maximum atomic E-state index is 11.6. The van der Waals surface area contributed by atoms with E-state index >= 15 is 0 Å². The summed E-state index contributed by atoms with van der Waals surface area (Å²) in [6.45, 7) is 9.97. The molecule has 1 aromatic rings. The molecule has 1 aliphatic rings. The van der Waals surface area contributed by atoms with Crippen LogP contribution in [0.1, 0.15) is 6.92 Å². The summed E-state index contributed by atoms with van der Waals surface area (Å²) in [5.41, 5.74) is 1.26. The Hall–Kier alpha value is -1.49. The number of carbonyl (C=O) groups is 1. The van der Waals surface area contributed by atoms with Gasteiger partial charge in [-0.2, -0.15) is 0 Å². The van der Waals surface area contributed by atoms with Gasteiger partial charge in [0.15, 0.2) is 0 Å². The zero-order chi connectivity index (χ0) is 13.1. The predicted octanol–water partition coefficient (Wildman–Crippen LogP) is 1.12. The molecule has 4 nitrogen and oxygen atoms in total. The Morgan fingerprint density at radius 2 is 2.22 bits per heavy atom. The molecule has 0 fully saturated rings. The standard InChI is InChI=1S/C13H12N2O2Te/c1-4-15-9-7-5-6-8-10(9)18-12(15)11(14-2)13(16)17-3/h5-8H,4H2,1,3H3. The number of carbonyl (C=O) groups excluding carboxylic acids is 1. The van der Waals surface area contributed by atoms with Gasteiger partial charge in [-0.25, -0.2) is 0 Å². The molecule has 0 spiro atoms. The summed E-state index contributed by atoms with van der Waals surface area (Å²) in [7, 11) is 1.31. The van der Waals surface area contributed by atoms with Gasteiger partial charge in [-0.1, -0.05) is 0 Å². The first kappa shape index (κ1) is 13.0. The van der Waals surface area contributed by atoms with Gasteiger partial charge in [0.05, 0.1) is 0 Å². The van der Waals surface area contributed by atoms with Crippen molar-refractivity contribution in [1.82, 2.24) is 0 Å². The van der Waals surface area contributed by atoms with Crippen LogP contribution in [0.2, 0.25) is 0 Å². The van der Waals surface area contributed by atoms with E-state index in [0.29, 0.717) is 0 Å². The molecular weight excluding hydrogens is 344 g/mol. The molecule has 5 heteroatoms. The van der Waals surface area contributed by atoms with Gasteiger partial charge >= 0.3 is 116 Å². The van der Waals surface area contributed by atoms with Gasteiger partial charge in [0.2, 0.25) is 0 Å². The first-order valence-corrected chi connectivity index (χ1v) is 7.80. The number of fused-ring (bicyclic) bond motifs is 1. The third-order valence-corrected chi connectivity index (χ3v) is 5.96. The minimum atomic E-state index is -0.684. The molecule has 1 heterocycles. The number of para-hydroxylation sites is 1. The Labute approximate surface area is 116 Å². The van der Waals surface area contributed by atoms with Crippen LogP contribution in [0.3, 0.4) is 0 Å². The van der Waals surface area contributed by atoms with Crippen LogP contribution in [-0.2, 0) is 9.53 Å². The van der Waals surface area contributed by atoms with Gasteiger partial charge in [-0.3, -0.25) is 0 Å². The second kappa shape index (κ2) is 5.44. The summed E-state index contributed by atoms with van der Waals surface area (Å²) in [6, 6.07) is 8.09. The first-order chi connectivity index (χ1) is 8.72. The normalized spacial score (nSPS) is 15.9. The molecule has 0 saturated carbocycles. The monoisotopic (exact) mass is 358 g/mol. The molecule has 0 radical (unpaired) electrons. The SMILES string of the molecule is [C-]#[N+]C(C(=O)OC)=C1[Te]c2ccccc2N1CC. The van der Waals surface area contributed by atoms with Crippen LogP contribution in [0, 0.1) is 6.57 Å². The van der Waals surface area contributed by atoms with E-state index in [1.54, 1.807) is 0 Å². The van der Waals surface area contributed by atoms with Crippen LogP contribution in [-0.4, -0.2) is 40.5 Å². The summed E-state index contributed by atoms with van der Waals surface area (Å²) in [5.74, 6) is -0.531. The second-order valence-corrected chi connectivity index (χ2v) is 6.51. The van der Waals surface area contributed by atoms with E-state index in [1.807, 2.05) is 25.1 Å². The molecule has 1 aliphatic heterocycles. The molecule has 0 unspecified atom stereocenters. The van der Waals surface area contributed by atoms with Gasteiger partial charge in [-0.15, -0.1) is 0 Å². The average Bonchev–Trinajstić information content (AvgIpc) is 2.77. The first-order valence-electron chi connectivity index (χ1n) is 5.47. The zero-order valence-corrected chi connectivity index (χ0v) is 12.5. The van der Waals surface area contributed by atoms with E-state index in [-0.39, 0.29) is 5.70 Å². The zero-order valence-electron chi connectivity index (χ0n) is 10.1. The molecule has 0 saturated heterocycles. The molecule has 0 bridgehead atoms. The summed E-state index contributed by atoms with van der Waals surface area (Å²) in [6.07, 6.45) is 0. The van der Waals surface area contributed by atoms with E-state index in [0.717, 1.165) is 16.0 Å². The van der Waals surface area contributed by atoms with Crippen LogP contribution in [0.25, 0.3) is 4.85 Å². The van der Waals surface area contributed by atoms with Gasteiger partial charge < -0.3 is 0 Å². The maximum absolute atomic E-state index is 11.6. The van der Waals surface area contributed by atoms with E-state index in [2.05, 4.69) is 15.8 Å². The number of hydrogen-bond acceptors (Lipinski definition) is 3. The number of esters is 1. The van der Waals surface area contributed by atoms with Crippen molar-refractivity contribution in [1.29, 1.82) is 0 Å². The van der Waals surface area contributed by atoms with Crippen molar-refractivity contribution < 1.29 is 9.53 Å². The van der Waals surface area contributed by atoms with Crippen molar-refractivity contribution in [3.8, 4) is 0 Å². The molecule has 0 N–H and O–H groups in total. The fourth-order valence-corrected chi connectivity index (χ4v) is 5.23. The number of nitrogens with zero attached hydrogens (tertiary/aromatic N) is 2. The Balaban J connectivity index is 2.53.